The molecule has 1 N–H and O–H groups in total. The number of carbonyl (C=O) groups is 1. The van der Waals surface area contributed by atoms with Gasteiger partial charge in [-0.15, -0.1) is 0 Å². The number of hydrogen-bond acceptors (Lipinski definition) is 5. The summed E-state index contributed by atoms with van der Waals surface area (Å²) in [6.45, 7) is 4.71. The number of hydrogen-bond donors (Lipinski definition) is 1. The molecule has 6 nitrogen and oxygen atoms in total. The third kappa shape index (κ3) is 3.97. The molecule has 1 amide bonds. The highest BCUT2D eigenvalue weighted by Crippen LogP contribution is 2.47. The van der Waals surface area contributed by atoms with Crippen molar-refractivity contribution < 1.29 is 24.1 Å². The van der Waals surface area contributed by atoms with Crippen molar-refractivity contribution in [2.45, 2.75) is 44.8 Å². The molecule has 166 valence electrons. The first-order valence-corrected chi connectivity index (χ1v) is 10.8. The largest absolute Gasteiger partial charge is 0.493 e. The van der Waals surface area contributed by atoms with Gasteiger partial charge in [0.15, 0.2) is 11.5 Å². The van der Waals surface area contributed by atoms with Gasteiger partial charge in [0, 0.05) is 37.3 Å². The predicted octanol–water partition coefficient (Wildman–Crippen LogP) is 3.79. The van der Waals surface area contributed by atoms with Crippen LogP contribution in [-0.2, 0) is 17.6 Å². The van der Waals surface area contributed by atoms with Crippen LogP contribution in [-0.4, -0.2) is 55.6 Å². The Morgan fingerprint density at radius 1 is 1.13 bits per heavy atom. The molecule has 2 aliphatic rings. The van der Waals surface area contributed by atoms with E-state index in [1.165, 1.54) is 18.2 Å². The van der Waals surface area contributed by atoms with E-state index in [0.717, 1.165) is 18.4 Å². The SMILES string of the molecule is COC(=O)N1C[C@@H](c2ccc(OC)c(OC3Cc4ccccc4C3)c2)[C@](C)([C@H](C)O)C1. The van der Waals surface area contributed by atoms with Gasteiger partial charge in [-0.3, -0.25) is 0 Å². The lowest BCUT2D eigenvalue weighted by molar-refractivity contribution is 0.0470. The van der Waals surface area contributed by atoms with Crippen molar-refractivity contribution in [2.75, 3.05) is 27.3 Å². The molecule has 0 unspecified atom stereocenters. The van der Waals surface area contributed by atoms with E-state index in [9.17, 15) is 9.90 Å². The zero-order valence-corrected chi connectivity index (χ0v) is 18.6. The first-order valence-electron chi connectivity index (χ1n) is 10.8. The number of methoxy groups -OCH3 is 2. The van der Waals surface area contributed by atoms with E-state index in [1.807, 2.05) is 25.1 Å². The van der Waals surface area contributed by atoms with Crippen molar-refractivity contribution in [3.8, 4) is 11.5 Å². The molecular weight excluding hydrogens is 394 g/mol. The summed E-state index contributed by atoms with van der Waals surface area (Å²) in [4.78, 5) is 13.8. The van der Waals surface area contributed by atoms with Crippen molar-refractivity contribution in [3.05, 3.63) is 59.2 Å². The summed E-state index contributed by atoms with van der Waals surface area (Å²) >= 11 is 0. The van der Waals surface area contributed by atoms with E-state index >= 15 is 0 Å². The second kappa shape index (κ2) is 8.42. The number of carbonyl (C=O) groups excluding carboxylic acids is 1. The maximum atomic E-state index is 12.2. The van der Waals surface area contributed by atoms with Crippen molar-refractivity contribution in [1.82, 2.24) is 4.90 Å². The van der Waals surface area contributed by atoms with Crippen LogP contribution >= 0.6 is 0 Å². The van der Waals surface area contributed by atoms with Gasteiger partial charge in [-0.25, -0.2) is 4.79 Å². The number of fused-ring (bicyclic) bond motifs is 1. The molecule has 0 bridgehead atoms. The quantitative estimate of drug-likeness (QED) is 0.789. The van der Waals surface area contributed by atoms with Crippen LogP contribution in [0.2, 0.25) is 0 Å². The van der Waals surface area contributed by atoms with E-state index in [4.69, 9.17) is 14.2 Å². The lowest BCUT2D eigenvalue weighted by Gasteiger charge is -2.33. The molecule has 1 fully saturated rings. The number of aliphatic hydroxyl groups is 1. The van der Waals surface area contributed by atoms with Gasteiger partial charge in [0.2, 0.25) is 0 Å². The highest BCUT2D eigenvalue weighted by atomic mass is 16.5. The minimum Gasteiger partial charge on any atom is -0.493 e. The molecule has 1 heterocycles. The number of rotatable bonds is 5. The first kappa shape index (κ1) is 21.5. The molecule has 3 atom stereocenters. The summed E-state index contributed by atoms with van der Waals surface area (Å²) in [5.74, 6) is 1.32. The Labute approximate surface area is 183 Å². The van der Waals surface area contributed by atoms with Crippen LogP contribution in [0.15, 0.2) is 42.5 Å². The zero-order valence-electron chi connectivity index (χ0n) is 18.6. The van der Waals surface area contributed by atoms with Crippen molar-refractivity contribution >= 4 is 6.09 Å². The van der Waals surface area contributed by atoms with Crippen LogP contribution < -0.4 is 9.47 Å². The Balaban J connectivity index is 1.61. The fourth-order valence-corrected chi connectivity index (χ4v) is 4.98. The van der Waals surface area contributed by atoms with E-state index < -0.39 is 11.5 Å². The number of nitrogens with zero attached hydrogens (tertiary/aromatic N) is 1. The lowest BCUT2D eigenvalue weighted by Crippen LogP contribution is -2.38. The molecule has 0 spiro atoms. The van der Waals surface area contributed by atoms with Crippen LogP contribution in [0.4, 0.5) is 4.79 Å². The maximum Gasteiger partial charge on any atom is 0.409 e. The Morgan fingerprint density at radius 2 is 1.81 bits per heavy atom. The summed E-state index contributed by atoms with van der Waals surface area (Å²) in [6, 6.07) is 14.4. The Kier molecular flexibility index (Phi) is 5.84. The van der Waals surface area contributed by atoms with Crippen molar-refractivity contribution in [3.63, 3.8) is 0 Å². The molecule has 2 aromatic rings. The number of amides is 1. The molecule has 0 aromatic heterocycles. The number of likely N-dealkylation sites (tertiary alicyclic amines) is 1. The normalized spacial score (nSPS) is 24.0. The Morgan fingerprint density at radius 3 is 2.39 bits per heavy atom. The van der Waals surface area contributed by atoms with Gasteiger partial charge in [0.1, 0.15) is 6.10 Å². The minimum atomic E-state index is -0.594. The van der Waals surface area contributed by atoms with Gasteiger partial charge in [-0.05, 0) is 35.7 Å². The molecule has 1 aliphatic carbocycles. The van der Waals surface area contributed by atoms with Crippen LogP contribution in [0.5, 0.6) is 11.5 Å². The summed E-state index contributed by atoms with van der Waals surface area (Å²) in [7, 11) is 3.02. The van der Waals surface area contributed by atoms with Crippen molar-refractivity contribution in [1.29, 1.82) is 0 Å². The third-order valence-corrected chi connectivity index (χ3v) is 7.02. The Bertz CT molecular complexity index is 934. The fourth-order valence-electron chi connectivity index (χ4n) is 4.98. The minimum absolute atomic E-state index is 0.0550. The topological polar surface area (TPSA) is 68.2 Å². The molecular formula is C25H31NO5. The highest BCUT2D eigenvalue weighted by molar-refractivity contribution is 5.68. The summed E-state index contributed by atoms with van der Waals surface area (Å²) in [5, 5.41) is 10.6. The average Bonchev–Trinajstić information content (AvgIpc) is 3.34. The zero-order chi connectivity index (χ0) is 22.2. The predicted molar refractivity (Wildman–Crippen MR) is 118 cm³/mol. The van der Waals surface area contributed by atoms with Gasteiger partial charge in [-0.1, -0.05) is 37.3 Å². The molecule has 1 aliphatic heterocycles. The van der Waals surface area contributed by atoms with E-state index in [0.29, 0.717) is 24.6 Å². The summed E-state index contributed by atoms with van der Waals surface area (Å²) in [5.41, 5.74) is 3.17. The molecule has 1 saturated heterocycles. The summed E-state index contributed by atoms with van der Waals surface area (Å²) < 4.78 is 16.9. The van der Waals surface area contributed by atoms with Gasteiger partial charge in [-0.2, -0.15) is 0 Å². The molecule has 4 rings (SSSR count). The summed E-state index contributed by atoms with van der Waals surface area (Å²) in [6.07, 6.45) is 0.828. The maximum absolute atomic E-state index is 12.2. The number of aliphatic hydroxyl groups excluding tert-OH is 1. The fraction of sp³-hybridized carbons (Fsp3) is 0.480. The van der Waals surface area contributed by atoms with Crippen LogP contribution in [0.25, 0.3) is 0 Å². The second-order valence-electron chi connectivity index (χ2n) is 8.91. The molecule has 31 heavy (non-hydrogen) atoms. The lowest BCUT2D eigenvalue weighted by atomic mass is 9.72. The van der Waals surface area contributed by atoms with Crippen LogP contribution in [0.1, 0.15) is 36.5 Å². The van der Waals surface area contributed by atoms with Gasteiger partial charge < -0.3 is 24.2 Å². The average molecular weight is 426 g/mol. The van der Waals surface area contributed by atoms with Crippen molar-refractivity contribution in [2.24, 2.45) is 5.41 Å². The van der Waals surface area contributed by atoms with E-state index in [1.54, 1.807) is 18.9 Å². The van der Waals surface area contributed by atoms with Gasteiger partial charge in [0.25, 0.3) is 0 Å². The molecule has 0 saturated carbocycles. The number of benzene rings is 2. The van der Waals surface area contributed by atoms with Gasteiger partial charge >= 0.3 is 6.09 Å². The first-order chi connectivity index (χ1) is 14.9. The van der Waals surface area contributed by atoms with Crippen LogP contribution in [0, 0.1) is 5.41 Å². The second-order valence-corrected chi connectivity index (χ2v) is 8.91. The van der Waals surface area contributed by atoms with E-state index in [-0.39, 0.29) is 18.1 Å². The molecule has 6 heteroatoms. The molecule has 0 radical (unpaired) electrons. The standard InChI is InChI=1S/C25H31NO5/c1-16(27)25(2)15-26(24(28)30-4)14-21(25)19-9-10-22(29-3)23(13-19)31-20-11-17-7-5-6-8-18(17)12-20/h5-10,13,16,20-21,27H,11-12,14-15H2,1-4H3/t16-,21-,25-/m0/s1. The smallest absolute Gasteiger partial charge is 0.409 e. The van der Waals surface area contributed by atoms with Crippen LogP contribution in [0.3, 0.4) is 0 Å². The third-order valence-electron chi connectivity index (χ3n) is 7.02. The van der Waals surface area contributed by atoms with E-state index in [2.05, 4.69) is 24.3 Å². The highest BCUT2D eigenvalue weighted by Gasteiger charge is 2.48. The Hall–Kier alpha value is -2.73. The monoisotopic (exact) mass is 425 g/mol. The van der Waals surface area contributed by atoms with Gasteiger partial charge in [0.05, 0.1) is 20.3 Å². The molecule has 2 aromatic carbocycles. The number of ether oxygens (including phenoxy) is 3.